The van der Waals surface area contributed by atoms with E-state index in [0.717, 1.165) is 29.0 Å². The number of urea groups is 1. The highest BCUT2D eigenvalue weighted by molar-refractivity contribution is 8.14. The van der Waals surface area contributed by atoms with Gasteiger partial charge in [0.15, 0.2) is 0 Å². The predicted octanol–water partition coefficient (Wildman–Crippen LogP) is 4.78. The first-order valence-electron chi connectivity index (χ1n) is 9.66. The Hall–Kier alpha value is -3.05. The van der Waals surface area contributed by atoms with Crippen LogP contribution < -0.4 is 10.6 Å². The number of rotatable bonds is 8. The standard InChI is InChI=1S/C21H22F3N5O2S/c1-31-8-3-9-32-19(25)15-6-7-29-17(12-26-18(29)11-15)14-4-2-5-16(10-14)28-20(30)27-13-21(22,23)24/h2,4-7,10-12,25H,3,8-9,13H2,1H3,(H2,27,28,30). The average Bonchev–Trinajstić information content (AvgIpc) is 3.18. The van der Waals surface area contributed by atoms with E-state index in [1.807, 2.05) is 28.8 Å². The Morgan fingerprint density at radius 3 is 2.84 bits per heavy atom. The number of carbonyl (C=O) groups is 1. The number of methoxy groups -OCH3 is 1. The smallest absolute Gasteiger partial charge is 0.385 e. The minimum absolute atomic E-state index is 0.350. The number of benzene rings is 1. The number of amides is 2. The number of hydrogen-bond donors (Lipinski definition) is 3. The maximum atomic E-state index is 12.3. The highest BCUT2D eigenvalue weighted by Gasteiger charge is 2.27. The number of fused-ring (bicyclic) bond motifs is 1. The van der Waals surface area contributed by atoms with Crippen LogP contribution in [0.1, 0.15) is 12.0 Å². The first-order chi connectivity index (χ1) is 15.3. The molecule has 0 aliphatic rings. The molecule has 0 aliphatic carbocycles. The van der Waals surface area contributed by atoms with E-state index in [1.165, 1.54) is 11.8 Å². The Balaban J connectivity index is 1.72. The number of nitrogens with one attached hydrogen (secondary N) is 3. The predicted molar refractivity (Wildman–Crippen MR) is 119 cm³/mol. The normalized spacial score (nSPS) is 11.5. The molecule has 1 aromatic carbocycles. The minimum Gasteiger partial charge on any atom is -0.385 e. The number of aromatic nitrogens is 2. The van der Waals surface area contributed by atoms with Gasteiger partial charge < -0.3 is 15.4 Å². The highest BCUT2D eigenvalue weighted by atomic mass is 32.2. The summed E-state index contributed by atoms with van der Waals surface area (Å²) in [5, 5.41) is 12.9. The third-order valence-corrected chi connectivity index (χ3v) is 5.40. The quantitative estimate of drug-likeness (QED) is 0.254. The largest absolute Gasteiger partial charge is 0.405 e. The second kappa shape index (κ2) is 10.5. The van der Waals surface area contributed by atoms with Crippen molar-refractivity contribution in [3.05, 3.63) is 54.4 Å². The van der Waals surface area contributed by atoms with Crippen LogP contribution in [0.3, 0.4) is 0 Å². The first kappa shape index (κ1) is 23.6. The monoisotopic (exact) mass is 465 g/mol. The molecule has 0 fully saturated rings. The molecule has 0 atom stereocenters. The summed E-state index contributed by atoms with van der Waals surface area (Å²) >= 11 is 1.44. The summed E-state index contributed by atoms with van der Waals surface area (Å²) < 4.78 is 43.6. The van der Waals surface area contributed by atoms with Gasteiger partial charge in [0.25, 0.3) is 0 Å². The molecule has 2 heterocycles. The summed E-state index contributed by atoms with van der Waals surface area (Å²) in [6.45, 7) is -0.755. The molecule has 0 unspecified atom stereocenters. The van der Waals surface area contributed by atoms with Gasteiger partial charge in [-0.05, 0) is 30.7 Å². The third kappa shape index (κ3) is 6.47. The zero-order chi connectivity index (χ0) is 23.1. The van der Waals surface area contributed by atoms with Gasteiger partial charge in [-0.25, -0.2) is 9.78 Å². The van der Waals surface area contributed by atoms with E-state index in [4.69, 9.17) is 10.1 Å². The van der Waals surface area contributed by atoms with Crippen molar-refractivity contribution < 1.29 is 22.7 Å². The highest BCUT2D eigenvalue weighted by Crippen LogP contribution is 2.25. The number of hydrogen-bond acceptors (Lipinski definition) is 5. The molecule has 0 bridgehead atoms. The summed E-state index contributed by atoms with van der Waals surface area (Å²) in [6, 6.07) is 9.44. The molecular weight excluding hydrogens is 443 g/mol. The minimum atomic E-state index is -4.48. The number of imidazole rings is 1. The van der Waals surface area contributed by atoms with Crippen LogP contribution in [-0.2, 0) is 4.74 Å². The molecule has 0 saturated carbocycles. The van der Waals surface area contributed by atoms with Gasteiger partial charge >= 0.3 is 12.2 Å². The van der Waals surface area contributed by atoms with Crippen molar-refractivity contribution in [2.45, 2.75) is 12.6 Å². The van der Waals surface area contributed by atoms with Gasteiger partial charge in [0, 0.05) is 42.5 Å². The lowest BCUT2D eigenvalue weighted by Gasteiger charge is -2.11. The van der Waals surface area contributed by atoms with Crippen molar-refractivity contribution in [2.75, 3.05) is 31.3 Å². The van der Waals surface area contributed by atoms with Crippen molar-refractivity contribution in [3.63, 3.8) is 0 Å². The lowest BCUT2D eigenvalue weighted by molar-refractivity contribution is -0.122. The zero-order valence-corrected chi connectivity index (χ0v) is 18.0. The van der Waals surface area contributed by atoms with Crippen LogP contribution >= 0.6 is 11.8 Å². The molecule has 3 rings (SSSR count). The molecular formula is C21H22F3N5O2S. The summed E-state index contributed by atoms with van der Waals surface area (Å²) in [7, 11) is 1.65. The Kier molecular flexibility index (Phi) is 7.75. The summed E-state index contributed by atoms with van der Waals surface area (Å²) in [4.78, 5) is 16.1. The van der Waals surface area contributed by atoms with Gasteiger partial charge in [-0.3, -0.25) is 9.81 Å². The molecule has 32 heavy (non-hydrogen) atoms. The number of thioether (sulfide) groups is 1. The number of anilines is 1. The van der Waals surface area contributed by atoms with Crippen LogP contribution in [0.2, 0.25) is 0 Å². The fourth-order valence-electron chi connectivity index (χ4n) is 2.91. The van der Waals surface area contributed by atoms with E-state index in [-0.39, 0.29) is 0 Å². The zero-order valence-electron chi connectivity index (χ0n) is 17.2. The molecule has 0 spiro atoms. The second-order valence-corrected chi connectivity index (χ2v) is 7.92. The van der Waals surface area contributed by atoms with Crippen molar-refractivity contribution in [2.24, 2.45) is 0 Å². The lowest BCUT2D eigenvalue weighted by atomic mass is 10.1. The fraction of sp³-hybridized carbons (Fsp3) is 0.286. The summed E-state index contributed by atoms with van der Waals surface area (Å²) in [6.07, 6.45) is -0.143. The molecule has 0 aliphatic heterocycles. The van der Waals surface area contributed by atoms with Gasteiger partial charge in [0.05, 0.1) is 16.9 Å². The van der Waals surface area contributed by atoms with Crippen molar-refractivity contribution in [3.8, 4) is 11.3 Å². The van der Waals surface area contributed by atoms with E-state index < -0.39 is 18.8 Å². The number of nitrogens with zero attached hydrogens (tertiary/aromatic N) is 2. The van der Waals surface area contributed by atoms with Crippen LogP contribution in [0.4, 0.5) is 23.7 Å². The molecule has 0 radical (unpaired) electrons. The lowest BCUT2D eigenvalue weighted by Crippen LogP contribution is -2.36. The van der Waals surface area contributed by atoms with Crippen molar-refractivity contribution in [1.82, 2.24) is 14.7 Å². The molecule has 3 N–H and O–H groups in total. The first-order valence-corrected chi connectivity index (χ1v) is 10.7. The molecule has 11 heteroatoms. The number of carbonyl (C=O) groups excluding carboxylic acids is 1. The Bertz CT molecular complexity index is 1100. The number of ether oxygens (including phenoxy) is 1. The van der Waals surface area contributed by atoms with Gasteiger partial charge in [0.2, 0.25) is 0 Å². The van der Waals surface area contributed by atoms with Gasteiger partial charge in [0.1, 0.15) is 12.2 Å². The van der Waals surface area contributed by atoms with E-state index in [0.29, 0.717) is 23.0 Å². The van der Waals surface area contributed by atoms with Crippen molar-refractivity contribution in [1.29, 1.82) is 5.41 Å². The Labute approximate surface area is 186 Å². The third-order valence-electron chi connectivity index (χ3n) is 4.38. The van der Waals surface area contributed by atoms with Crippen LogP contribution in [0, 0.1) is 5.41 Å². The van der Waals surface area contributed by atoms with Gasteiger partial charge in [-0.2, -0.15) is 13.2 Å². The number of pyridine rings is 1. The molecule has 2 amide bonds. The van der Waals surface area contributed by atoms with E-state index in [9.17, 15) is 18.0 Å². The number of alkyl halides is 3. The molecule has 2 aromatic heterocycles. The Morgan fingerprint density at radius 2 is 2.09 bits per heavy atom. The van der Waals surface area contributed by atoms with Crippen LogP contribution in [0.5, 0.6) is 0 Å². The van der Waals surface area contributed by atoms with Crippen LogP contribution in [0.25, 0.3) is 16.9 Å². The SMILES string of the molecule is COCCCSC(=N)c1ccn2c(-c3cccc(NC(=O)NCC(F)(F)F)c3)cnc2c1. The Morgan fingerprint density at radius 1 is 1.28 bits per heavy atom. The average molecular weight is 466 g/mol. The number of halogens is 3. The molecule has 0 saturated heterocycles. The summed E-state index contributed by atoms with van der Waals surface area (Å²) in [5.74, 6) is 0.786. The maximum absolute atomic E-state index is 12.3. The fourth-order valence-corrected chi connectivity index (χ4v) is 3.67. The second-order valence-electron chi connectivity index (χ2n) is 6.81. The van der Waals surface area contributed by atoms with Crippen LogP contribution in [0.15, 0.2) is 48.8 Å². The van der Waals surface area contributed by atoms with E-state index in [2.05, 4.69) is 10.3 Å². The van der Waals surface area contributed by atoms with Crippen LogP contribution in [-0.4, -0.2) is 52.7 Å². The maximum Gasteiger partial charge on any atom is 0.405 e. The summed E-state index contributed by atoms with van der Waals surface area (Å²) in [5.41, 5.74) is 3.23. The molecule has 7 nitrogen and oxygen atoms in total. The van der Waals surface area contributed by atoms with E-state index >= 15 is 0 Å². The molecule has 170 valence electrons. The van der Waals surface area contributed by atoms with Crippen molar-refractivity contribution >= 4 is 34.2 Å². The molecule has 3 aromatic rings. The van der Waals surface area contributed by atoms with E-state index in [1.54, 1.807) is 36.8 Å². The topological polar surface area (TPSA) is 91.5 Å². The van der Waals surface area contributed by atoms with Gasteiger partial charge in [-0.1, -0.05) is 12.1 Å². The van der Waals surface area contributed by atoms with Gasteiger partial charge in [-0.15, -0.1) is 11.8 Å².